The summed E-state index contributed by atoms with van der Waals surface area (Å²) in [5, 5.41) is 11.4. The normalized spacial score (nSPS) is 12.2. The Bertz CT molecular complexity index is 887. The van der Waals surface area contributed by atoms with Crippen LogP contribution in [0.5, 0.6) is 0 Å². The smallest absolute Gasteiger partial charge is 0.232 e. The Labute approximate surface area is 146 Å². The summed E-state index contributed by atoms with van der Waals surface area (Å²) in [6, 6.07) is 9.86. The minimum absolute atomic E-state index is 0.123. The third kappa shape index (κ3) is 3.33. The van der Waals surface area contributed by atoms with E-state index in [1.165, 1.54) is 5.56 Å². The molecule has 1 N–H and O–H groups in total. The van der Waals surface area contributed by atoms with Gasteiger partial charge >= 0.3 is 0 Å². The van der Waals surface area contributed by atoms with Crippen LogP contribution in [0.1, 0.15) is 41.1 Å². The summed E-state index contributed by atoms with van der Waals surface area (Å²) in [6.45, 7) is 9.45. The van der Waals surface area contributed by atoms with Crippen LogP contribution in [0, 0.1) is 27.7 Å². The molecule has 1 aromatic carbocycles. The zero-order valence-electron chi connectivity index (χ0n) is 15.1. The van der Waals surface area contributed by atoms with Crippen LogP contribution in [-0.4, -0.2) is 20.8 Å². The number of carbonyl (C=O) groups is 1. The van der Waals surface area contributed by atoms with Gasteiger partial charge in [0, 0.05) is 11.6 Å². The van der Waals surface area contributed by atoms with E-state index in [9.17, 15) is 4.79 Å². The minimum atomic E-state index is -0.368. The topological polar surface area (TPSA) is 73.0 Å². The summed E-state index contributed by atoms with van der Waals surface area (Å²) in [4.78, 5) is 12.7. The Morgan fingerprint density at radius 2 is 1.84 bits per heavy atom. The van der Waals surface area contributed by atoms with E-state index in [1.807, 2.05) is 65.0 Å². The van der Waals surface area contributed by atoms with Crippen molar-refractivity contribution >= 4 is 11.7 Å². The summed E-state index contributed by atoms with van der Waals surface area (Å²) in [5.41, 5.74) is 4.48. The van der Waals surface area contributed by atoms with Gasteiger partial charge in [-0.2, -0.15) is 5.10 Å². The van der Waals surface area contributed by atoms with Gasteiger partial charge in [0.15, 0.2) is 0 Å². The predicted octanol–water partition coefficient (Wildman–Crippen LogP) is 3.84. The third-order valence-electron chi connectivity index (χ3n) is 4.28. The van der Waals surface area contributed by atoms with Crippen LogP contribution < -0.4 is 5.32 Å². The van der Waals surface area contributed by atoms with Crippen molar-refractivity contribution in [3.63, 3.8) is 0 Å². The molecule has 0 saturated carbocycles. The number of amides is 1. The number of hydrogen-bond donors (Lipinski definition) is 1. The second-order valence-corrected chi connectivity index (χ2v) is 6.37. The molecule has 1 atom stereocenters. The maximum Gasteiger partial charge on any atom is 0.232 e. The lowest BCUT2D eigenvalue weighted by atomic mass is 9.99. The highest BCUT2D eigenvalue weighted by Crippen LogP contribution is 2.25. The molecule has 1 amide bonds. The van der Waals surface area contributed by atoms with Gasteiger partial charge in [0.05, 0.1) is 23.0 Å². The number of benzene rings is 1. The Morgan fingerprint density at radius 3 is 2.44 bits per heavy atom. The van der Waals surface area contributed by atoms with Crippen LogP contribution in [-0.2, 0) is 4.79 Å². The quantitative estimate of drug-likeness (QED) is 0.784. The fourth-order valence-electron chi connectivity index (χ4n) is 2.95. The van der Waals surface area contributed by atoms with Crippen LogP contribution in [0.3, 0.4) is 0 Å². The number of nitrogens with zero attached hydrogens (tertiary/aromatic N) is 3. The Kier molecular flexibility index (Phi) is 4.44. The molecule has 0 aliphatic heterocycles. The van der Waals surface area contributed by atoms with Gasteiger partial charge in [0.2, 0.25) is 5.91 Å². The highest BCUT2D eigenvalue weighted by Gasteiger charge is 2.24. The number of carbonyl (C=O) groups excluding carboxylic acids is 1. The van der Waals surface area contributed by atoms with Crippen LogP contribution in [0.25, 0.3) is 5.69 Å². The number of nitrogens with one attached hydrogen (secondary N) is 1. The molecular weight excluding hydrogens is 316 g/mol. The van der Waals surface area contributed by atoms with Crippen molar-refractivity contribution < 1.29 is 9.32 Å². The summed E-state index contributed by atoms with van der Waals surface area (Å²) in [5.74, 6) is 0.823. The third-order valence-corrected chi connectivity index (χ3v) is 4.28. The molecule has 0 unspecified atom stereocenters. The first kappa shape index (κ1) is 17.0. The molecular formula is C19H22N4O2. The summed E-state index contributed by atoms with van der Waals surface area (Å²) >= 11 is 0. The molecule has 6 heteroatoms. The molecule has 0 bridgehead atoms. The molecule has 3 rings (SSSR count). The SMILES string of the molecule is Cc1ccc(-n2nc(C)cc2NC(=O)[C@H](C)c2c(C)noc2C)cc1. The maximum absolute atomic E-state index is 12.7. The summed E-state index contributed by atoms with van der Waals surface area (Å²) in [6.07, 6.45) is 0. The molecule has 0 saturated heterocycles. The van der Waals surface area contributed by atoms with E-state index in [0.717, 1.165) is 22.6 Å². The average molecular weight is 338 g/mol. The van der Waals surface area contributed by atoms with E-state index in [2.05, 4.69) is 15.6 Å². The summed E-state index contributed by atoms with van der Waals surface area (Å²) in [7, 11) is 0. The molecule has 25 heavy (non-hydrogen) atoms. The van der Waals surface area contributed by atoms with Crippen LogP contribution in [0.2, 0.25) is 0 Å². The van der Waals surface area contributed by atoms with Crippen molar-refractivity contribution in [3.05, 3.63) is 58.6 Å². The van der Waals surface area contributed by atoms with E-state index in [1.54, 1.807) is 4.68 Å². The van der Waals surface area contributed by atoms with Crippen molar-refractivity contribution in [1.29, 1.82) is 0 Å². The van der Waals surface area contributed by atoms with Gasteiger partial charge in [-0.15, -0.1) is 0 Å². The van der Waals surface area contributed by atoms with Crippen molar-refractivity contribution in [3.8, 4) is 5.69 Å². The highest BCUT2D eigenvalue weighted by molar-refractivity contribution is 5.95. The average Bonchev–Trinajstić information content (AvgIpc) is 3.09. The molecule has 6 nitrogen and oxygen atoms in total. The first-order valence-electron chi connectivity index (χ1n) is 8.24. The van der Waals surface area contributed by atoms with Crippen molar-refractivity contribution in [2.75, 3.05) is 5.32 Å². The fraction of sp³-hybridized carbons (Fsp3) is 0.316. The lowest BCUT2D eigenvalue weighted by Gasteiger charge is -2.13. The van der Waals surface area contributed by atoms with Crippen LogP contribution >= 0.6 is 0 Å². The second-order valence-electron chi connectivity index (χ2n) is 6.37. The van der Waals surface area contributed by atoms with Gasteiger partial charge < -0.3 is 9.84 Å². The van der Waals surface area contributed by atoms with Gasteiger partial charge in [-0.05, 0) is 46.8 Å². The number of aromatic nitrogens is 3. The van der Waals surface area contributed by atoms with Crippen LogP contribution in [0.4, 0.5) is 5.82 Å². The molecule has 2 aromatic heterocycles. The monoisotopic (exact) mass is 338 g/mol. The lowest BCUT2D eigenvalue weighted by molar-refractivity contribution is -0.117. The molecule has 0 fully saturated rings. The van der Waals surface area contributed by atoms with Gasteiger partial charge in [-0.1, -0.05) is 22.9 Å². The molecule has 0 aliphatic rings. The van der Waals surface area contributed by atoms with E-state index >= 15 is 0 Å². The highest BCUT2D eigenvalue weighted by atomic mass is 16.5. The van der Waals surface area contributed by atoms with Crippen molar-refractivity contribution in [1.82, 2.24) is 14.9 Å². The minimum Gasteiger partial charge on any atom is -0.361 e. The number of anilines is 1. The standard InChI is InChI=1S/C19H22N4O2/c1-11-6-8-16(9-7-11)23-17(10-12(2)21-23)20-19(24)13(3)18-14(4)22-25-15(18)5/h6-10,13H,1-5H3,(H,20,24)/t13-/m1/s1. The van der Waals surface area contributed by atoms with Gasteiger partial charge in [-0.3, -0.25) is 4.79 Å². The van der Waals surface area contributed by atoms with Crippen molar-refractivity contribution in [2.45, 2.75) is 40.5 Å². The van der Waals surface area contributed by atoms with E-state index in [4.69, 9.17) is 4.52 Å². The van der Waals surface area contributed by atoms with Crippen LogP contribution in [0.15, 0.2) is 34.9 Å². The number of aryl methyl sites for hydroxylation is 4. The molecule has 0 spiro atoms. The molecule has 2 heterocycles. The maximum atomic E-state index is 12.7. The Morgan fingerprint density at radius 1 is 1.16 bits per heavy atom. The van der Waals surface area contributed by atoms with Gasteiger partial charge in [-0.25, -0.2) is 4.68 Å². The van der Waals surface area contributed by atoms with E-state index < -0.39 is 0 Å². The predicted molar refractivity (Wildman–Crippen MR) is 96.1 cm³/mol. The first-order valence-corrected chi connectivity index (χ1v) is 8.24. The molecule has 0 aliphatic carbocycles. The van der Waals surface area contributed by atoms with Crippen molar-refractivity contribution in [2.24, 2.45) is 0 Å². The van der Waals surface area contributed by atoms with Gasteiger partial charge in [0.1, 0.15) is 11.6 Å². The fourth-order valence-corrected chi connectivity index (χ4v) is 2.95. The zero-order chi connectivity index (χ0) is 18.1. The van der Waals surface area contributed by atoms with Gasteiger partial charge in [0.25, 0.3) is 0 Å². The Hall–Kier alpha value is -2.89. The zero-order valence-corrected chi connectivity index (χ0v) is 15.1. The molecule has 130 valence electrons. The molecule has 0 radical (unpaired) electrons. The Balaban J connectivity index is 1.88. The lowest BCUT2D eigenvalue weighted by Crippen LogP contribution is -2.21. The second kappa shape index (κ2) is 6.55. The molecule has 3 aromatic rings. The number of rotatable bonds is 4. The van der Waals surface area contributed by atoms with E-state index in [0.29, 0.717) is 11.6 Å². The largest absolute Gasteiger partial charge is 0.361 e. The first-order chi connectivity index (χ1) is 11.9. The van der Waals surface area contributed by atoms with E-state index in [-0.39, 0.29) is 11.8 Å². The number of hydrogen-bond acceptors (Lipinski definition) is 4. The summed E-state index contributed by atoms with van der Waals surface area (Å²) < 4.78 is 6.92.